The minimum absolute atomic E-state index is 0.0223. The molecule has 1 amide bonds. The topological polar surface area (TPSA) is 42.0 Å². The van der Waals surface area contributed by atoms with E-state index >= 15 is 0 Å². The highest BCUT2D eigenvalue weighted by molar-refractivity contribution is 6.29. The first-order chi connectivity index (χ1) is 9.13. The third-order valence-electron chi connectivity index (χ3n) is 4.41. The van der Waals surface area contributed by atoms with Gasteiger partial charge in [-0.1, -0.05) is 18.5 Å². The number of hydrogen-bond donors (Lipinski definition) is 1. The highest BCUT2D eigenvalue weighted by Gasteiger charge is 2.53. The molecular formula is C15H19ClN2O. The predicted octanol–water partition coefficient (Wildman–Crippen LogP) is 3.22. The Hall–Kier alpha value is -1.09. The Morgan fingerprint density at radius 1 is 1.47 bits per heavy atom. The van der Waals surface area contributed by atoms with Gasteiger partial charge in [-0.15, -0.1) is 0 Å². The lowest BCUT2D eigenvalue weighted by Crippen LogP contribution is -2.31. The molecular weight excluding hydrogens is 260 g/mol. The summed E-state index contributed by atoms with van der Waals surface area (Å²) in [7, 11) is 0. The van der Waals surface area contributed by atoms with Crippen LogP contribution < -0.4 is 5.32 Å². The van der Waals surface area contributed by atoms with Crippen molar-refractivity contribution in [1.82, 2.24) is 10.3 Å². The van der Waals surface area contributed by atoms with Crippen LogP contribution in [0.4, 0.5) is 0 Å². The van der Waals surface area contributed by atoms with Gasteiger partial charge in [0.1, 0.15) is 5.15 Å². The first kappa shape index (κ1) is 12.9. The van der Waals surface area contributed by atoms with Crippen LogP contribution in [0.1, 0.15) is 48.7 Å². The average molecular weight is 279 g/mol. The molecule has 1 aromatic rings. The number of amides is 1. The van der Waals surface area contributed by atoms with E-state index in [9.17, 15) is 4.79 Å². The molecule has 1 N–H and O–H groups in total. The molecule has 0 bridgehead atoms. The summed E-state index contributed by atoms with van der Waals surface area (Å²) in [6, 6.07) is 3.48. The molecule has 0 saturated heterocycles. The zero-order valence-electron chi connectivity index (χ0n) is 11.2. The summed E-state index contributed by atoms with van der Waals surface area (Å²) in [5.74, 6) is 0.839. The van der Waals surface area contributed by atoms with E-state index in [1.54, 1.807) is 6.07 Å². The van der Waals surface area contributed by atoms with Gasteiger partial charge in [-0.25, -0.2) is 4.98 Å². The molecule has 0 atom stereocenters. The Bertz CT molecular complexity index is 507. The summed E-state index contributed by atoms with van der Waals surface area (Å²) in [5.41, 5.74) is 1.92. The number of nitrogens with zero attached hydrogens (tertiary/aromatic N) is 1. The van der Waals surface area contributed by atoms with E-state index in [1.807, 2.05) is 13.0 Å². The molecule has 1 heterocycles. The summed E-state index contributed by atoms with van der Waals surface area (Å²) in [6.07, 6.45) is 6.02. The molecule has 0 spiro atoms. The van der Waals surface area contributed by atoms with E-state index in [-0.39, 0.29) is 5.91 Å². The normalized spacial score (nSPS) is 20.1. The van der Waals surface area contributed by atoms with Crippen molar-refractivity contribution in [3.05, 3.63) is 28.5 Å². The van der Waals surface area contributed by atoms with Gasteiger partial charge in [-0.05, 0) is 55.6 Å². The first-order valence-electron chi connectivity index (χ1n) is 7.08. The summed E-state index contributed by atoms with van der Waals surface area (Å²) in [5, 5.41) is 3.47. The lowest BCUT2D eigenvalue weighted by Gasteiger charge is -2.15. The molecule has 0 aliphatic heterocycles. The predicted molar refractivity (Wildman–Crippen MR) is 75.3 cm³/mol. The summed E-state index contributed by atoms with van der Waals surface area (Å²) >= 11 is 5.94. The quantitative estimate of drug-likeness (QED) is 0.841. The zero-order chi connectivity index (χ0) is 13.5. The lowest BCUT2D eigenvalue weighted by molar-refractivity contribution is 0.0942. The van der Waals surface area contributed by atoms with Gasteiger partial charge in [-0.2, -0.15) is 0 Å². The molecule has 1 aromatic heterocycles. The van der Waals surface area contributed by atoms with Gasteiger partial charge in [-0.3, -0.25) is 4.79 Å². The van der Waals surface area contributed by atoms with Crippen LogP contribution in [0.5, 0.6) is 0 Å². The van der Waals surface area contributed by atoms with Crippen LogP contribution in [0, 0.1) is 11.3 Å². The Balaban J connectivity index is 1.65. The van der Waals surface area contributed by atoms with Gasteiger partial charge in [0.25, 0.3) is 5.91 Å². The minimum atomic E-state index is -0.0223. The number of pyridine rings is 1. The second-order valence-electron chi connectivity index (χ2n) is 5.84. The third-order valence-corrected chi connectivity index (χ3v) is 4.60. The standard InChI is InChI=1S/C15H19ClN2O/c1-2-12-7-10(8-13(16)18-12)14(19)17-9-15(5-6-15)11-3-4-11/h7-8,11H,2-6,9H2,1H3,(H,17,19). The Morgan fingerprint density at radius 3 is 2.79 bits per heavy atom. The van der Waals surface area contributed by atoms with Crippen molar-refractivity contribution in [1.29, 1.82) is 0 Å². The van der Waals surface area contributed by atoms with Crippen molar-refractivity contribution >= 4 is 17.5 Å². The van der Waals surface area contributed by atoms with Crippen molar-refractivity contribution in [2.75, 3.05) is 6.54 Å². The maximum atomic E-state index is 12.2. The molecule has 3 rings (SSSR count). The number of rotatable bonds is 5. The third kappa shape index (κ3) is 2.76. The number of hydrogen-bond acceptors (Lipinski definition) is 2. The molecule has 102 valence electrons. The zero-order valence-corrected chi connectivity index (χ0v) is 12.0. The van der Waals surface area contributed by atoms with Crippen molar-refractivity contribution < 1.29 is 4.79 Å². The van der Waals surface area contributed by atoms with Crippen LogP contribution in [0.3, 0.4) is 0 Å². The van der Waals surface area contributed by atoms with Crippen LogP contribution in [0.2, 0.25) is 5.15 Å². The Labute approximate surface area is 118 Å². The largest absolute Gasteiger partial charge is 0.351 e. The highest BCUT2D eigenvalue weighted by atomic mass is 35.5. The van der Waals surface area contributed by atoms with Crippen molar-refractivity contribution in [2.45, 2.75) is 39.0 Å². The lowest BCUT2D eigenvalue weighted by atomic mass is 10.0. The molecule has 2 aliphatic carbocycles. The number of aromatic nitrogens is 1. The molecule has 2 fully saturated rings. The van der Waals surface area contributed by atoms with E-state index in [0.717, 1.165) is 24.6 Å². The van der Waals surface area contributed by atoms with Crippen molar-refractivity contribution in [3.8, 4) is 0 Å². The van der Waals surface area contributed by atoms with E-state index < -0.39 is 0 Å². The van der Waals surface area contributed by atoms with E-state index in [1.165, 1.54) is 25.7 Å². The van der Waals surface area contributed by atoms with Gasteiger partial charge in [0.2, 0.25) is 0 Å². The second-order valence-corrected chi connectivity index (χ2v) is 6.23. The monoisotopic (exact) mass is 278 g/mol. The summed E-state index contributed by atoms with van der Waals surface area (Å²) < 4.78 is 0. The van der Waals surface area contributed by atoms with Gasteiger partial charge in [0.15, 0.2) is 0 Å². The molecule has 3 nitrogen and oxygen atoms in total. The summed E-state index contributed by atoms with van der Waals surface area (Å²) in [4.78, 5) is 16.4. The van der Waals surface area contributed by atoms with Gasteiger partial charge < -0.3 is 5.32 Å². The van der Waals surface area contributed by atoms with Crippen LogP contribution in [0.25, 0.3) is 0 Å². The number of halogens is 1. The number of carbonyl (C=O) groups excluding carboxylic acids is 1. The van der Waals surface area contributed by atoms with Crippen molar-refractivity contribution in [3.63, 3.8) is 0 Å². The molecule has 2 aliphatic rings. The summed E-state index contributed by atoms with van der Waals surface area (Å²) in [6.45, 7) is 2.82. The van der Waals surface area contributed by atoms with Crippen LogP contribution in [0.15, 0.2) is 12.1 Å². The Morgan fingerprint density at radius 2 is 2.21 bits per heavy atom. The molecule has 0 aromatic carbocycles. The molecule has 0 radical (unpaired) electrons. The van der Waals surface area contributed by atoms with E-state index in [2.05, 4.69) is 10.3 Å². The van der Waals surface area contributed by atoms with Gasteiger partial charge in [0, 0.05) is 17.8 Å². The molecule has 0 unspecified atom stereocenters. The fraction of sp³-hybridized carbons (Fsp3) is 0.600. The number of nitrogens with one attached hydrogen (secondary N) is 1. The first-order valence-corrected chi connectivity index (χ1v) is 7.45. The molecule has 2 saturated carbocycles. The van der Waals surface area contributed by atoms with Crippen LogP contribution in [-0.4, -0.2) is 17.4 Å². The van der Waals surface area contributed by atoms with Gasteiger partial charge in [0.05, 0.1) is 0 Å². The van der Waals surface area contributed by atoms with Crippen molar-refractivity contribution in [2.24, 2.45) is 11.3 Å². The van der Waals surface area contributed by atoms with E-state index in [4.69, 9.17) is 11.6 Å². The minimum Gasteiger partial charge on any atom is -0.351 e. The second kappa shape index (κ2) is 4.78. The highest BCUT2D eigenvalue weighted by Crippen LogP contribution is 2.60. The molecule has 19 heavy (non-hydrogen) atoms. The fourth-order valence-electron chi connectivity index (χ4n) is 2.81. The maximum Gasteiger partial charge on any atom is 0.251 e. The average Bonchev–Trinajstić information content (AvgIpc) is 3.27. The van der Waals surface area contributed by atoms with Crippen LogP contribution in [-0.2, 0) is 6.42 Å². The molecule has 4 heteroatoms. The van der Waals surface area contributed by atoms with Gasteiger partial charge >= 0.3 is 0 Å². The fourth-order valence-corrected chi connectivity index (χ4v) is 3.03. The maximum absolute atomic E-state index is 12.2. The SMILES string of the molecule is CCc1cc(C(=O)NCC2(C3CC3)CC2)cc(Cl)n1. The Kier molecular flexibility index (Phi) is 3.25. The smallest absolute Gasteiger partial charge is 0.251 e. The number of aryl methyl sites for hydroxylation is 1. The van der Waals surface area contributed by atoms with Crippen LogP contribution >= 0.6 is 11.6 Å². The van der Waals surface area contributed by atoms with E-state index in [0.29, 0.717) is 16.1 Å². The number of carbonyl (C=O) groups is 1.